The number of nitrogens with one attached hydrogen (secondary N) is 2. The number of guanidine groups is 1. The second-order valence-corrected chi connectivity index (χ2v) is 6.62. The van der Waals surface area contributed by atoms with Gasteiger partial charge in [-0.3, -0.25) is 4.99 Å². The van der Waals surface area contributed by atoms with Crippen LogP contribution in [0.15, 0.2) is 47.6 Å². The van der Waals surface area contributed by atoms with Gasteiger partial charge < -0.3 is 15.5 Å². The fourth-order valence-corrected chi connectivity index (χ4v) is 3.15. The average Bonchev–Trinajstić information content (AvgIpc) is 3.11. The van der Waals surface area contributed by atoms with Crippen LogP contribution in [0.5, 0.6) is 0 Å². The summed E-state index contributed by atoms with van der Waals surface area (Å²) in [6, 6.07) is 11.9. The van der Waals surface area contributed by atoms with E-state index in [1.807, 2.05) is 4.90 Å². The molecule has 5 nitrogen and oxygen atoms in total. The number of halogens is 2. The van der Waals surface area contributed by atoms with E-state index >= 15 is 0 Å². The molecule has 27 heavy (non-hydrogen) atoms. The molecule has 2 heterocycles. The summed E-state index contributed by atoms with van der Waals surface area (Å²) in [7, 11) is 1.77. The molecular weight excluding hydrogens is 456 g/mol. The highest BCUT2D eigenvalue weighted by molar-refractivity contribution is 14.0. The predicted octanol–water partition coefficient (Wildman–Crippen LogP) is 3.13. The molecule has 2 aromatic rings. The predicted molar refractivity (Wildman–Crippen MR) is 120 cm³/mol. The Labute approximate surface area is 177 Å². The van der Waals surface area contributed by atoms with E-state index in [1.165, 1.54) is 17.2 Å². The number of aromatic nitrogens is 1. The van der Waals surface area contributed by atoms with E-state index in [2.05, 4.69) is 51.8 Å². The summed E-state index contributed by atoms with van der Waals surface area (Å²) in [5.41, 5.74) is 2.57. The van der Waals surface area contributed by atoms with Gasteiger partial charge >= 0.3 is 0 Å². The van der Waals surface area contributed by atoms with Crippen LogP contribution in [0.3, 0.4) is 0 Å². The van der Waals surface area contributed by atoms with Crippen molar-refractivity contribution in [3.8, 4) is 0 Å². The van der Waals surface area contributed by atoms with Gasteiger partial charge in [0.15, 0.2) is 17.6 Å². The van der Waals surface area contributed by atoms with Crippen molar-refractivity contribution in [2.45, 2.75) is 25.8 Å². The minimum Gasteiger partial charge on any atom is -0.356 e. The fourth-order valence-electron chi connectivity index (χ4n) is 3.15. The zero-order valence-corrected chi connectivity index (χ0v) is 18.1. The van der Waals surface area contributed by atoms with Crippen LogP contribution >= 0.6 is 24.0 Å². The Bertz CT molecular complexity index is 750. The van der Waals surface area contributed by atoms with E-state index < -0.39 is 0 Å². The quantitative estimate of drug-likeness (QED) is 0.390. The van der Waals surface area contributed by atoms with Crippen molar-refractivity contribution in [3.05, 3.63) is 59.5 Å². The number of hydrogen-bond acceptors (Lipinski definition) is 3. The maximum Gasteiger partial charge on any atom is 0.191 e. The number of hydrogen-bond donors (Lipinski definition) is 2. The summed E-state index contributed by atoms with van der Waals surface area (Å²) in [5.74, 6) is 0.943. The van der Waals surface area contributed by atoms with Gasteiger partial charge in [0, 0.05) is 38.9 Å². The lowest BCUT2D eigenvalue weighted by Gasteiger charge is -2.20. The summed E-state index contributed by atoms with van der Waals surface area (Å²) in [5, 5.41) is 6.78. The monoisotopic (exact) mass is 483 g/mol. The van der Waals surface area contributed by atoms with Gasteiger partial charge in [-0.1, -0.05) is 29.8 Å². The van der Waals surface area contributed by atoms with Crippen LogP contribution in [-0.4, -0.2) is 43.7 Å². The van der Waals surface area contributed by atoms with E-state index in [0.717, 1.165) is 31.9 Å². The van der Waals surface area contributed by atoms with E-state index in [0.29, 0.717) is 12.4 Å². The minimum absolute atomic E-state index is 0. The Hall–Kier alpha value is -1.90. The topological polar surface area (TPSA) is 52.6 Å². The highest BCUT2D eigenvalue weighted by Gasteiger charge is 2.25. The van der Waals surface area contributed by atoms with E-state index in [1.54, 1.807) is 19.3 Å². The van der Waals surface area contributed by atoms with Crippen molar-refractivity contribution in [2.24, 2.45) is 4.99 Å². The van der Waals surface area contributed by atoms with Crippen LogP contribution in [0.2, 0.25) is 0 Å². The van der Waals surface area contributed by atoms with Crippen LogP contribution in [-0.2, 0) is 6.42 Å². The fraction of sp³-hybridized carbons (Fsp3) is 0.400. The molecule has 7 heteroatoms. The summed E-state index contributed by atoms with van der Waals surface area (Å²) in [6.07, 6.45) is 3.50. The molecule has 146 valence electrons. The molecule has 0 bridgehead atoms. The Balaban J connectivity index is 0.00000261. The first-order valence-electron chi connectivity index (χ1n) is 9.04. The zero-order valence-electron chi connectivity index (χ0n) is 15.8. The maximum absolute atomic E-state index is 13.9. The van der Waals surface area contributed by atoms with Gasteiger partial charge in [-0.2, -0.15) is 0 Å². The lowest BCUT2D eigenvalue weighted by molar-refractivity contribution is 0.612. The number of pyridine rings is 1. The Morgan fingerprint density at radius 1 is 1.30 bits per heavy atom. The van der Waals surface area contributed by atoms with Crippen molar-refractivity contribution in [2.75, 3.05) is 31.6 Å². The van der Waals surface area contributed by atoms with Gasteiger partial charge in [0.05, 0.1) is 0 Å². The third-order valence-corrected chi connectivity index (χ3v) is 4.62. The number of aryl methyl sites for hydroxylation is 1. The first-order valence-corrected chi connectivity index (χ1v) is 9.04. The van der Waals surface area contributed by atoms with Gasteiger partial charge in [-0.05, 0) is 37.5 Å². The van der Waals surface area contributed by atoms with Crippen molar-refractivity contribution in [3.63, 3.8) is 0 Å². The SMILES string of the molecule is CN=C(NCCc1ccc(C)cc1)NC1CCN(c2ncccc2F)C1.I. The van der Waals surface area contributed by atoms with E-state index in [-0.39, 0.29) is 35.8 Å². The first-order chi connectivity index (χ1) is 12.7. The van der Waals surface area contributed by atoms with E-state index in [4.69, 9.17) is 0 Å². The smallest absolute Gasteiger partial charge is 0.191 e. The normalized spacial score (nSPS) is 16.8. The number of rotatable bonds is 5. The number of nitrogens with zero attached hydrogens (tertiary/aromatic N) is 3. The van der Waals surface area contributed by atoms with Gasteiger partial charge in [0.25, 0.3) is 0 Å². The standard InChI is InChI=1S/C20H26FN5.HI/c1-15-5-7-16(8-6-15)9-12-24-20(22-2)25-17-10-13-26(14-17)19-18(21)4-3-11-23-19;/h3-8,11,17H,9-10,12-14H2,1-2H3,(H2,22,24,25);1H. The van der Waals surface area contributed by atoms with Gasteiger partial charge in [-0.25, -0.2) is 9.37 Å². The van der Waals surface area contributed by atoms with Crippen molar-refractivity contribution >= 4 is 35.8 Å². The van der Waals surface area contributed by atoms with Crippen molar-refractivity contribution in [1.29, 1.82) is 0 Å². The molecule has 1 aromatic heterocycles. The largest absolute Gasteiger partial charge is 0.356 e. The molecule has 0 radical (unpaired) electrons. The molecule has 2 N–H and O–H groups in total. The van der Waals surface area contributed by atoms with Gasteiger partial charge in [-0.15, -0.1) is 24.0 Å². The molecule has 0 amide bonds. The highest BCUT2D eigenvalue weighted by atomic mass is 127. The Morgan fingerprint density at radius 3 is 2.78 bits per heavy atom. The summed E-state index contributed by atoms with van der Waals surface area (Å²) >= 11 is 0. The molecule has 1 aliphatic heterocycles. The second kappa shape index (κ2) is 10.4. The molecule has 1 saturated heterocycles. The summed E-state index contributed by atoms with van der Waals surface area (Å²) in [6.45, 7) is 4.40. The van der Waals surface area contributed by atoms with Crippen LogP contribution in [0.4, 0.5) is 10.2 Å². The van der Waals surface area contributed by atoms with Crippen molar-refractivity contribution < 1.29 is 4.39 Å². The molecule has 1 unspecified atom stereocenters. The Morgan fingerprint density at radius 2 is 2.07 bits per heavy atom. The molecule has 3 rings (SSSR count). The molecule has 0 aliphatic carbocycles. The van der Waals surface area contributed by atoms with Gasteiger partial charge in [0.2, 0.25) is 0 Å². The number of aliphatic imine (C=N–C) groups is 1. The average molecular weight is 483 g/mol. The first kappa shape index (κ1) is 21.4. The molecule has 0 saturated carbocycles. The van der Waals surface area contributed by atoms with Crippen LogP contribution in [0, 0.1) is 12.7 Å². The number of benzene rings is 1. The van der Waals surface area contributed by atoms with Crippen LogP contribution < -0.4 is 15.5 Å². The Kier molecular flexibility index (Phi) is 8.27. The van der Waals surface area contributed by atoms with Crippen molar-refractivity contribution in [1.82, 2.24) is 15.6 Å². The zero-order chi connectivity index (χ0) is 18.4. The molecule has 0 spiro atoms. The lowest BCUT2D eigenvalue weighted by Crippen LogP contribution is -2.45. The third-order valence-electron chi connectivity index (χ3n) is 4.62. The van der Waals surface area contributed by atoms with Crippen LogP contribution in [0.1, 0.15) is 17.5 Å². The third kappa shape index (κ3) is 6.05. The highest BCUT2D eigenvalue weighted by Crippen LogP contribution is 2.20. The van der Waals surface area contributed by atoms with E-state index in [9.17, 15) is 4.39 Å². The molecular formula is C20H27FIN5. The summed E-state index contributed by atoms with van der Waals surface area (Å²) < 4.78 is 13.9. The van der Waals surface area contributed by atoms with Gasteiger partial charge in [0.1, 0.15) is 0 Å². The molecule has 1 fully saturated rings. The lowest BCUT2D eigenvalue weighted by atomic mass is 10.1. The maximum atomic E-state index is 13.9. The summed E-state index contributed by atoms with van der Waals surface area (Å²) in [4.78, 5) is 10.4. The second-order valence-electron chi connectivity index (χ2n) is 6.62. The number of anilines is 1. The molecule has 1 aliphatic rings. The minimum atomic E-state index is -0.270. The molecule has 1 atom stereocenters. The van der Waals surface area contributed by atoms with Crippen LogP contribution in [0.25, 0.3) is 0 Å². The molecule has 1 aromatic carbocycles.